The topological polar surface area (TPSA) is 201 Å². The minimum Gasteiger partial charge on any atom is -0.497 e. The molecule has 1 aromatic heterocycles. The SMILES string of the molecule is COc1ccc(CN(Cc2ccc(OC)cc2)S(=O)(=O)c2c(S(=O)(=O)CC(CO)NC(=O)OC(C)(C)C)ccc(I)c2-c2nnn(Cc3ccc(OC)cc3)n2)cc1. The van der Waals surface area contributed by atoms with Gasteiger partial charge in [0.05, 0.1) is 56.7 Å². The van der Waals surface area contributed by atoms with E-state index >= 15 is 8.42 Å². The number of ether oxygens (including phenoxy) is 4. The van der Waals surface area contributed by atoms with Crippen molar-refractivity contribution in [3.63, 3.8) is 0 Å². The summed E-state index contributed by atoms with van der Waals surface area (Å²) in [6, 6.07) is 22.1. The number of nitrogens with zero attached hydrogens (tertiary/aromatic N) is 5. The van der Waals surface area contributed by atoms with Gasteiger partial charge in [-0.1, -0.05) is 36.4 Å². The second-order valence-electron chi connectivity index (χ2n) is 14.0. The normalized spacial score (nSPS) is 12.6. The first-order chi connectivity index (χ1) is 27.5. The Morgan fingerprint density at radius 3 is 1.78 bits per heavy atom. The molecule has 58 heavy (non-hydrogen) atoms. The van der Waals surface area contributed by atoms with E-state index in [2.05, 4.69) is 20.7 Å². The van der Waals surface area contributed by atoms with Gasteiger partial charge in [-0.05, 0) is 114 Å². The Kier molecular flexibility index (Phi) is 14.4. The summed E-state index contributed by atoms with van der Waals surface area (Å²) in [5.74, 6) is 0.748. The number of methoxy groups -OCH3 is 3. The molecule has 0 bridgehead atoms. The minimum atomic E-state index is -4.81. The summed E-state index contributed by atoms with van der Waals surface area (Å²) >= 11 is 1.91. The number of benzene rings is 4. The molecule has 1 atom stereocenters. The van der Waals surface area contributed by atoms with Gasteiger partial charge in [0.1, 0.15) is 27.7 Å². The molecule has 310 valence electrons. The van der Waals surface area contributed by atoms with E-state index in [-0.39, 0.29) is 31.0 Å². The molecule has 0 saturated heterocycles. The summed E-state index contributed by atoms with van der Waals surface area (Å²) < 4.78 is 82.5. The highest BCUT2D eigenvalue weighted by atomic mass is 127. The number of tetrazole rings is 1. The first kappa shape index (κ1) is 44.3. The van der Waals surface area contributed by atoms with Crippen molar-refractivity contribution in [1.82, 2.24) is 29.8 Å². The Morgan fingerprint density at radius 2 is 1.31 bits per heavy atom. The van der Waals surface area contributed by atoms with Crippen LogP contribution in [0.25, 0.3) is 11.4 Å². The molecular weight excluding hydrogens is 903 g/mol. The van der Waals surface area contributed by atoms with Gasteiger partial charge in [0.25, 0.3) is 0 Å². The molecule has 1 heterocycles. The number of aliphatic hydroxyl groups is 1. The average Bonchev–Trinajstić information content (AvgIpc) is 3.64. The van der Waals surface area contributed by atoms with Crippen LogP contribution in [0.15, 0.2) is 94.7 Å². The highest BCUT2D eigenvalue weighted by Gasteiger charge is 2.38. The maximum Gasteiger partial charge on any atom is 0.407 e. The molecule has 0 aliphatic rings. The fraction of sp³-hybridized carbons (Fsp3) is 0.333. The average molecular weight is 949 g/mol. The summed E-state index contributed by atoms with van der Waals surface area (Å²) in [4.78, 5) is 12.7. The lowest BCUT2D eigenvalue weighted by molar-refractivity contribution is 0.0490. The lowest BCUT2D eigenvalue weighted by Crippen LogP contribution is -2.44. The highest BCUT2D eigenvalue weighted by molar-refractivity contribution is 14.1. The minimum absolute atomic E-state index is 0.0993. The largest absolute Gasteiger partial charge is 0.497 e. The first-order valence-electron chi connectivity index (χ1n) is 17.8. The van der Waals surface area contributed by atoms with Crippen molar-refractivity contribution in [3.05, 3.63) is 105 Å². The lowest BCUT2D eigenvalue weighted by atomic mass is 10.2. The number of alkyl carbamates (subject to hydrolysis) is 1. The summed E-state index contributed by atoms with van der Waals surface area (Å²) in [6.07, 6.45) is -0.958. The van der Waals surface area contributed by atoms with E-state index in [0.717, 1.165) is 9.87 Å². The van der Waals surface area contributed by atoms with Crippen LogP contribution in [-0.4, -0.2) is 97.9 Å². The highest BCUT2D eigenvalue weighted by Crippen LogP contribution is 2.38. The summed E-state index contributed by atoms with van der Waals surface area (Å²) in [6.45, 7) is 3.90. The zero-order valence-corrected chi connectivity index (χ0v) is 36.5. The van der Waals surface area contributed by atoms with Crippen LogP contribution >= 0.6 is 22.6 Å². The van der Waals surface area contributed by atoms with Gasteiger partial charge in [0.2, 0.25) is 15.8 Å². The molecule has 0 aliphatic heterocycles. The monoisotopic (exact) mass is 948 g/mol. The van der Waals surface area contributed by atoms with Crippen LogP contribution in [0, 0.1) is 3.57 Å². The molecule has 2 N–H and O–H groups in total. The molecule has 19 heteroatoms. The number of amides is 1. The molecule has 0 saturated carbocycles. The number of carbonyl (C=O) groups is 1. The third kappa shape index (κ3) is 11.2. The third-order valence-corrected chi connectivity index (χ3v) is 13.3. The molecule has 5 rings (SSSR count). The molecule has 0 spiro atoms. The fourth-order valence-electron chi connectivity index (χ4n) is 5.75. The van der Waals surface area contributed by atoms with Crippen molar-refractivity contribution in [3.8, 4) is 28.6 Å². The Morgan fingerprint density at radius 1 is 0.810 bits per heavy atom. The van der Waals surface area contributed by atoms with Crippen LogP contribution in [-0.2, 0) is 44.2 Å². The predicted molar refractivity (Wildman–Crippen MR) is 223 cm³/mol. The molecule has 0 aliphatic carbocycles. The smallest absolute Gasteiger partial charge is 0.407 e. The van der Waals surface area contributed by atoms with Gasteiger partial charge in [-0.15, -0.1) is 10.2 Å². The van der Waals surface area contributed by atoms with E-state index in [9.17, 15) is 18.3 Å². The number of sulfone groups is 1. The second-order valence-corrected chi connectivity index (χ2v) is 19.1. The number of nitrogens with one attached hydrogen (secondary N) is 1. The van der Waals surface area contributed by atoms with Crippen LogP contribution in [0.3, 0.4) is 0 Å². The molecule has 4 aromatic carbocycles. The van der Waals surface area contributed by atoms with Crippen molar-refractivity contribution in [2.75, 3.05) is 33.7 Å². The Balaban J connectivity index is 1.68. The number of hydrogen-bond acceptors (Lipinski definition) is 13. The van der Waals surface area contributed by atoms with Crippen molar-refractivity contribution in [1.29, 1.82) is 0 Å². The molecule has 0 fully saturated rings. The van der Waals surface area contributed by atoms with Crippen LogP contribution in [0.1, 0.15) is 37.5 Å². The van der Waals surface area contributed by atoms with Gasteiger partial charge in [-0.2, -0.15) is 9.10 Å². The summed E-state index contributed by atoms with van der Waals surface area (Å²) in [7, 11) is -4.86. The van der Waals surface area contributed by atoms with E-state index in [1.165, 1.54) is 31.1 Å². The van der Waals surface area contributed by atoms with Gasteiger partial charge in [0.15, 0.2) is 9.84 Å². The Labute approximate surface area is 351 Å². The number of halogens is 1. The zero-order chi connectivity index (χ0) is 42.3. The van der Waals surface area contributed by atoms with Crippen LogP contribution in [0.5, 0.6) is 17.2 Å². The molecule has 16 nitrogen and oxygen atoms in total. The van der Waals surface area contributed by atoms with Gasteiger partial charge in [0, 0.05) is 16.7 Å². The van der Waals surface area contributed by atoms with E-state index < -0.39 is 59.7 Å². The van der Waals surface area contributed by atoms with Crippen molar-refractivity contribution >= 4 is 48.5 Å². The van der Waals surface area contributed by atoms with E-state index in [0.29, 0.717) is 31.9 Å². The first-order valence-corrected chi connectivity index (χ1v) is 22.0. The number of sulfonamides is 1. The zero-order valence-electron chi connectivity index (χ0n) is 32.7. The third-order valence-electron chi connectivity index (χ3n) is 8.56. The van der Waals surface area contributed by atoms with E-state index in [1.54, 1.807) is 88.5 Å². The number of hydrogen-bond donors (Lipinski definition) is 2. The maximum atomic E-state index is 15.4. The van der Waals surface area contributed by atoms with Crippen molar-refractivity contribution in [2.24, 2.45) is 0 Å². The standard InChI is InChI=1S/C39H45IN6O10S2/c1-39(2,3)56-38(48)41-29(24-47)25-57(49,50)34-20-19-33(40)35(37-42-44-46(43-37)23-28-11-17-32(55-6)18-12-28)36(34)58(51,52)45(21-26-7-13-30(53-4)14-8-26)22-27-9-15-31(54-5)16-10-27/h7-20,29,47H,21-25H2,1-6H3,(H,41,48). The number of carbonyl (C=O) groups excluding carboxylic acids is 1. The quantitative estimate of drug-likeness (QED) is 0.117. The van der Waals surface area contributed by atoms with Crippen LogP contribution in [0.2, 0.25) is 0 Å². The molecular formula is C39H45IN6O10S2. The van der Waals surface area contributed by atoms with Crippen molar-refractivity contribution < 1.29 is 45.7 Å². The fourth-order valence-corrected chi connectivity index (χ4v) is 10.6. The van der Waals surface area contributed by atoms with Gasteiger partial charge in [-0.25, -0.2) is 21.6 Å². The lowest BCUT2D eigenvalue weighted by Gasteiger charge is -2.26. The maximum absolute atomic E-state index is 15.4. The summed E-state index contributed by atoms with van der Waals surface area (Å²) in [5, 5.41) is 25.5. The van der Waals surface area contributed by atoms with Crippen molar-refractivity contribution in [2.45, 2.75) is 61.8 Å². The second kappa shape index (κ2) is 18.8. The van der Waals surface area contributed by atoms with Crippen LogP contribution < -0.4 is 19.5 Å². The van der Waals surface area contributed by atoms with Gasteiger partial charge < -0.3 is 29.4 Å². The molecule has 1 amide bonds. The number of aliphatic hydroxyl groups excluding tert-OH is 1. The Hall–Kier alpha value is -4.83. The van der Waals surface area contributed by atoms with Crippen LogP contribution in [0.4, 0.5) is 4.79 Å². The number of rotatable bonds is 17. The molecule has 5 aromatic rings. The predicted octanol–water partition coefficient (Wildman–Crippen LogP) is 5.07. The summed E-state index contributed by atoms with van der Waals surface area (Å²) in [5.41, 5.74) is 0.948. The number of aromatic nitrogens is 4. The van der Waals surface area contributed by atoms with Gasteiger partial charge in [-0.3, -0.25) is 0 Å². The van der Waals surface area contributed by atoms with Gasteiger partial charge >= 0.3 is 6.09 Å². The molecule has 0 radical (unpaired) electrons. The van der Waals surface area contributed by atoms with E-state index in [1.807, 2.05) is 34.7 Å². The van der Waals surface area contributed by atoms with E-state index in [4.69, 9.17) is 18.9 Å². The molecule has 1 unspecified atom stereocenters. The Bertz CT molecular complexity index is 2360.